The molecule has 5 nitrogen and oxygen atoms in total. The topological polar surface area (TPSA) is 69.8 Å². The number of hydrogen-bond donors (Lipinski definition) is 2. The maximum Gasteiger partial charge on any atom is 0.254 e. The van der Waals surface area contributed by atoms with Crippen LogP contribution in [0.2, 0.25) is 0 Å². The van der Waals surface area contributed by atoms with Gasteiger partial charge in [0.05, 0.1) is 10.5 Å². The van der Waals surface area contributed by atoms with Gasteiger partial charge in [0, 0.05) is 31.7 Å². The van der Waals surface area contributed by atoms with Crippen LogP contribution >= 0.6 is 12.2 Å². The van der Waals surface area contributed by atoms with Gasteiger partial charge >= 0.3 is 0 Å². The number of hydrogen-bond acceptors (Lipinski definition) is 4. The van der Waals surface area contributed by atoms with Crippen LogP contribution in [0, 0.1) is 0 Å². The predicted molar refractivity (Wildman–Crippen MR) is 86.4 cm³/mol. The van der Waals surface area contributed by atoms with Crippen molar-refractivity contribution in [3.8, 4) is 5.75 Å². The van der Waals surface area contributed by atoms with Gasteiger partial charge in [-0.1, -0.05) is 18.3 Å². The van der Waals surface area contributed by atoms with Gasteiger partial charge in [-0.05, 0) is 32.0 Å². The van der Waals surface area contributed by atoms with Crippen molar-refractivity contribution in [2.75, 3.05) is 26.2 Å². The molecule has 1 aliphatic heterocycles. The van der Waals surface area contributed by atoms with Crippen LogP contribution in [0.15, 0.2) is 24.3 Å². The third-order valence-electron chi connectivity index (χ3n) is 4.05. The van der Waals surface area contributed by atoms with Crippen molar-refractivity contribution in [1.29, 1.82) is 0 Å². The number of benzene rings is 1. The molecule has 0 bridgehead atoms. The van der Waals surface area contributed by atoms with Crippen LogP contribution in [-0.2, 0) is 0 Å². The van der Waals surface area contributed by atoms with Crippen molar-refractivity contribution in [2.45, 2.75) is 19.4 Å². The zero-order valence-corrected chi connectivity index (χ0v) is 13.2. The number of carbonyl (C=O) groups excluding carboxylic acids is 1. The number of nitrogens with zero attached hydrogens (tertiary/aromatic N) is 2. The minimum absolute atomic E-state index is 0.0568. The largest absolute Gasteiger partial charge is 0.508 e. The fourth-order valence-corrected chi connectivity index (χ4v) is 2.58. The number of phenols is 1. The van der Waals surface area contributed by atoms with E-state index < -0.39 is 0 Å². The molecular weight excluding hydrogens is 286 g/mol. The fourth-order valence-electron chi connectivity index (χ4n) is 2.45. The van der Waals surface area contributed by atoms with E-state index in [0.717, 1.165) is 13.1 Å². The summed E-state index contributed by atoms with van der Waals surface area (Å²) in [6, 6.07) is 6.44. The summed E-state index contributed by atoms with van der Waals surface area (Å²) in [6.45, 7) is 6.72. The van der Waals surface area contributed by atoms with E-state index in [1.54, 1.807) is 23.1 Å². The lowest BCUT2D eigenvalue weighted by Gasteiger charge is -2.43. The first-order chi connectivity index (χ1) is 9.82. The van der Waals surface area contributed by atoms with Crippen molar-refractivity contribution >= 4 is 23.1 Å². The Morgan fingerprint density at radius 3 is 2.43 bits per heavy atom. The quantitative estimate of drug-likeness (QED) is 0.822. The summed E-state index contributed by atoms with van der Waals surface area (Å²) in [5.74, 6) is 0.0489. The Balaban J connectivity index is 2.01. The summed E-state index contributed by atoms with van der Waals surface area (Å²) in [7, 11) is 0. The number of phenolic OH excluding ortho intramolecular Hbond substituents is 1. The molecule has 1 aromatic rings. The Morgan fingerprint density at radius 2 is 1.90 bits per heavy atom. The molecule has 1 aromatic carbocycles. The first-order valence-electron chi connectivity index (χ1n) is 6.95. The average Bonchev–Trinajstić information content (AvgIpc) is 2.46. The molecule has 2 rings (SSSR count). The molecule has 0 atom stereocenters. The van der Waals surface area contributed by atoms with Gasteiger partial charge < -0.3 is 15.7 Å². The maximum atomic E-state index is 12.4. The van der Waals surface area contributed by atoms with Gasteiger partial charge in [0.1, 0.15) is 5.75 Å². The second-order valence-corrected chi connectivity index (χ2v) is 6.19. The van der Waals surface area contributed by atoms with Gasteiger partial charge in [-0.2, -0.15) is 0 Å². The van der Waals surface area contributed by atoms with Gasteiger partial charge in [-0.3, -0.25) is 9.69 Å². The van der Waals surface area contributed by atoms with Crippen LogP contribution in [-0.4, -0.2) is 57.5 Å². The van der Waals surface area contributed by atoms with E-state index in [-0.39, 0.29) is 17.2 Å². The summed E-state index contributed by atoms with van der Waals surface area (Å²) in [5, 5.41) is 9.46. The molecule has 6 heteroatoms. The van der Waals surface area contributed by atoms with Gasteiger partial charge in [0.15, 0.2) is 0 Å². The lowest BCUT2D eigenvalue weighted by atomic mass is 10.0. The minimum atomic E-state index is -0.338. The maximum absolute atomic E-state index is 12.4. The van der Waals surface area contributed by atoms with E-state index in [2.05, 4.69) is 4.90 Å². The predicted octanol–water partition coefficient (Wildman–Crippen LogP) is 1.21. The number of thiocarbonyl (C=S) groups is 1. The molecule has 3 N–H and O–H groups in total. The van der Waals surface area contributed by atoms with Crippen molar-refractivity contribution in [2.24, 2.45) is 5.73 Å². The lowest BCUT2D eigenvalue weighted by Crippen LogP contribution is -2.59. The monoisotopic (exact) mass is 307 g/mol. The number of amides is 1. The Bertz CT molecular complexity index is 552. The molecule has 1 fully saturated rings. The molecule has 1 heterocycles. The Kier molecular flexibility index (Phi) is 4.49. The fraction of sp³-hybridized carbons (Fsp3) is 0.467. The zero-order chi connectivity index (χ0) is 15.6. The Labute approximate surface area is 130 Å². The number of piperazine rings is 1. The lowest BCUT2D eigenvalue weighted by molar-refractivity contribution is 0.0539. The summed E-state index contributed by atoms with van der Waals surface area (Å²) < 4.78 is 0. The zero-order valence-electron chi connectivity index (χ0n) is 12.4. The average molecular weight is 307 g/mol. The SMILES string of the molecule is CC(C)(C(N)=S)N1CCN(C(=O)c2cccc(O)c2)CC1. The minimum Gasteiger partial charge on any atom is -0.508 e. The van der Waals surface area contributed by atoms with Crippen LogP contribution in [0.5, 0.6) is 5.75 Å². The molecular formula is C15H21N3O2S. The summed E-state index contributed by atoms with van der Waals surface area (Å²) in [4.78, 5) is 16.8. The van der Waals surface area contributed by atoms with Crippen LogP contribution in [0.4, 0.5) is 0 Å². The second kappa shape index (κ2) is 5.99. The third kappa shape index (κ3) is 3.33. The van der Waals surface area contributed by atoms with Crippen molar-refractivity contribution in [3.05, 3.63) is 29.8 Å². The highest BCUT2D eigenvalue weighted by Crippen LogP contribution is 2.19. The number of carbonyl (C=O) groups is 1. The third-order valence-corrected chi connectivity index (χ3v) is 4.55. The summed E-state index contributed by atoms with van der Waals surface area (Å²) in [5.41, 5.74) is 5.96. The normalized spacial score (nSPS) is 16.8. The van der Waals surface area contributed by atoms with E-state index in [4.69, 9.17) is 18.0 Å². The molecule has 114 valence electrons. The van der Waals surface area contributed by atoms with E-state index in [0.29, 0.717) is 23.6 Å². The van der Waals surface area contributed by atoms with E-state index in [9.17, 15) is 9.90 Å². The highest BCUT2D eigenvalue weighted by atomic mass is 32.1. The van der Waals surface area contributed by atoms with Crippen LogP contribution in [0.3, 0.4) is 0 Å². The van der Waals surface area contributed by atoms with Gasteiger partial charge in [-0.15, -0.1) is 0 Å². The number of nitrogens with two attached hydrogens (primary N) is 1. The highest BCUT2D eigenvalue weighted by molar-refractivity contribution is 7.80. The van der Waals surface area contributed by atoms with Crippen LogP contribution < -0.4 is 5.73 Å². The Hall–Kier alpha value is -1.66. The summed E-state index contributed by atoms with van der Waals surface area (Å²) >= 11 is 5.11. The Morgan fingerprint density at radius 1 is 1.29 bits per heavy atom. The van der Waals surface area contributed by atoms with Gasteiger partial charge in [-0.25, -0.2) is 0 Å². The molecule has 0 aliphatic carbocycles. The number of rotatable bonds is 3. The molecule has 1 amide bonds. The van der Waals surface area contributed by atoms with Crippen LogP contribution in [0.25, 0.3) is 0 Å². The van der Waals surface area contributed by atoms with Gasteiger partial charge in [0.25, 0.3) is 5.91 Å². The van der Waals surface area contributed by atoms with Crippen molar-refractivity contribution in [1.82, 2.24) is 9.80 Å². The standard InChI is InChI=1S/C15H21N3O2S/c1-15(2,14(16)21)18-8-6-17(7-9-18)13(20)11-4-3-5-12(19)10-11/h3-5,10,19H,6-9H2,1-2H3,(H2,16,21). The van der Waals surface area contributed by atoms with E-state index >= 15 is 0 Å². The van der Waals surface area contributed by atoms with Crippen molar-refractivity contribution in [3.63, 3.8) is 0 Å². The van der Waals surface area contributed by atoms with E-state index in [1.807, 2.05) is 13.8 Å². The molecule has 0 spiro atoms. The molecule has 1 aliphatic rings. The van der Waals surface area contributed by atoms with E-state index in [1.165, 1.54) is 6.07 Å². The summed E-state index contributed by atoms with van der Waals surface area (Å²) in [6.07, 6.45) is 0. The first-order valence-corrected chi connectivity index (χ1v) is 7.36. The van der Waals surface area contributed by atoms with Crippen LogP contribution in [0.1, 0.15) is 24.2 Å². The van der Waals surface area contributed by atoms with Gasteiger partial charge in [0.2, 0.25) is 0 Å². The molecule has 0 unspecified atom stereocenters. The molecule has 0 aromatic heterocycles. The molecule has 0 saturated carbocycles. The number of aromatic hydroxyl groups is 1. The molecule has 1 saturated heterocycles. The second-order valence-electron chi connectivity index (χ2n) is 5.75. The molecule has 21 heavy (non-hydrogen) atoms. The molecule has 0 radical (unpaired) electrons. The first kappa shape index (κ1) is 15.7. The smallest absolute Gasteiger partial charge is 0.254 e. The van der Waals surface area contributed by atoms with Crippen molar-refractivity contribution < 1.29 is 9.90 Å². The highest BCUT2D eigenvalue weighted by Gasteiger charge is 2.33.